The van der Waals surface area contributed by atoms with E-state index in [9.17, 15) is 4.57 Å². The summed E-state index contributed by atoms with van der Waals surface area (Å²) in [5.74, 6) is 1.44. The average molecular weight is 176 g/mol. The summed E-state index contributed by atoms with van der Waals surface area (Å²) in [5, 5.41) is 0. The zero-order valence-corrected chi connectivity index (χ0v) is 8.43. The molecule has 3 heteroatoms. The molecule has 0 aromatic heterocycles. The summed E-state index contributed by atoms with van der Waals surface area (Å²) < 4.78 is 16.9. The van der Waals surface area contributed by atoms with E-state index in [-0.39, 0.29) is 6.10 Å². The van der Waals surface area contributed by atoms with Crippen LogP contribution in [0.15, 0.2) is 12.4 Å². The van der Waals surface area contributed by atoms with Crippen molar-refractivity contribution in [3.63, 3.8) is 0 Å². The first-order valence-electron chi connectivity index (χ1n) is 3.98. The largest absolute Gasteiger partial charge is 0.323 e. The zero-order valence-electron chi connectivity index (χ0n) is 7.54. The van der Waals surface area contributed by atoms with Crippen molar-refractivity contribution < 1.29 is 9.09 Å². The summed E-state index contributed by atoms with van der Waals surface area (Å²) in [4.78, 5) is 0. The SMILES string of the molecule is C=CP(=O)(CC)OC(C)CC. The minimum Gasteiger partial charge on any atom is -0.323 e. The van der Waals surface area contributed by atoms with Crippen molar-refractivity contribution in [1.29, 1.82) is 0 Å². The van der Waals surface area contributed by atoms with Crippen molar-refractivity contribution in [2.24, 2.45) is 0 Å². The molecule has 0 aliphatic heterocycles. The monoisotopic (exact) mass is 176 g/mol. The van der Waals surface area contributed by atoms with E-state index in [0.29, 0.717) is 6.16 Å². The van der Waals surface area contributed by atoms with Gasteiger partial charge in [0.2, 0.25) is 7.37 Å². The lowest BCUT2D eigenvalue weighted by molar-refractivity contribution is 0.224. The number of rotatable bonds is 5. The molecule has 0 bridgehead atoms. The zero-order chi connectivity index (χ0) is 8.91. The summed E-state index contributed by atoms with van der Waals surface area (Å²) >= 11 is 0. The van der Waals surface area contributed by atoms with E-state index in [1.165, 1.54) is 5.82 Å². The van der Waals surface area contributed by atoms with Gasteiger partial charge in [-0.15, -0.1) is 0 Å². The molecule has 0 saturated heterocycles. The third kappa shape index (κ3) is 3.74. The van der Waals surface area contributed by atoms with Crippen molar-refractivity contribution in [1.82, 2.24) is 0 Å². The Morgan fingerprint density at radius 2 is 2.18 bits per heavy atom. The van der Waals surface area contributed by atoms with Gasteiger partial charge >= 0.3 is 0 Å². The highest BCUT2D eigenvalue weighted by molar-refractivity contribution is 7.62. The average Bonchev–Trinajstić information content (AvgIpc) is 2.04. The summed E-state index contributed by atoms with van der Waals surface area (Å²) in [5.41, 5.74) is 0. The second-order valence-corrected chi connectivity index (χ2v) is 5.21. The van der Waals surface area contributed by atoms with Gasteiger partial charge in [-0.1, -0.05) is 20.4 Å². The molecule has 2 nitrogen and oxygen atoms in total. The van der Waals surface area contributed by atoms with Crippen LogP contribution in [-0.4, -0.2) is 12.3 Å². The van der Waals surface area contributed by atoms with E-state index in [4.69, 9.17) is 4.52 Å². The first-order chi connectivity index (χ1) is 5.08. The van der Waals surface area contributed by atoms with E-state index in [1.54, 1.807) is 0 Å². The quantitative estimate of drug-likeness (QED) is 0.601. The van der Waals surface area contributed by atoms with Crippen molar-refractivity contribution >= 4 is 7.37 Å². The Morgan fingerprint density at radius 3 is 2.45 bits per heavy atom. The van der Waals surface area contributed by atoms with Crippen molar-refractivity contribution in [2.75, 3.05) is 6.16 Å². The topological polar surface area (TPSA) is 26.3 Å². The Balaban J connectivity index is 4.08. The molecule has 0 rings (SSSR count). The maximum Gasteiger partial charge on any atom is 0.224 e. The number of hydrogen-bond acceptors (Lipinski definition) is 2. The Labute approximate surface area is 69.1 Å². The van der Waals surface area contributed by atoms with Gasteiger partial charge in [-0.05, 0) is 19.2 Å². The highest BCUT2D eigenvalue weighted by Gasteiger charge is 2.17. The minimum atomic E-state index is -2.49. The van der Waals surface area contributed by atoms with Gasteiger partial charge in [-0.2, -0.15) is 0 Å². The van der Waals surface area contributed by atoms with Crippen LogP contribution < -0.4 is 0 Å². The van der Waals surface area contributed by atoms with Crippen LogP contribution in [0.1, 0.15) is 27.2 Å². The third-order valence-corrected chi connectivity index (χ3v) is 3.81. The van der Waals surface area contributed by atoms with Gasteiger partial charge in [0.1, 0.15) is 0 Å². The third-order valence-electron chi connectivity index (χ3n) is 1.65. The Morgan fingerprint density at radius 1 is 1.64 bits per heavy atom. The normalized spacial score (nSPS) is 18.8. The fourth-order valence-electron chi connectivity index (χ4n) is 0.626. The smallest absolute Gasteiger partial charge is 0.224 e. The molecular formula is C8H17O2P. The van der Waals surface area contributed by atoms with Crippen molar-refractivity contribution in [3.8, 4) is 0 Å². The first kappa shape index (κ1) is 10.9. The molecule has 0 spiro atoms. The van der Waals surface area contributed by atoms with Crippen LogP contribution in [-0.2, 0) is 9.09 Å². The summed E-state index contributed by atoms with van der Waals surface area (Å²) in [6.45, 7) is 9.28. The second-order valence-electron chi connectivity index (χ2n) is 2.55. The van der Waals surface area contributed by atoms with E-state index in [2.05, 4.69) is 6.58 Å². The van der Waals surface area contributed by atoms with E-state index >= 15 is 0 Å². The van der Waals surface area contributed by atoms with Crippen LogP contribution in [0.5, 0.6) is 0 Å². The maximum atomic E-state index is 11.6. The molecule has 0 radical (unpaired) electrons. The molecule has 2 unspecified atom stereocenters. The van der Waals surface area contributed by atoms with E-state index in [1.807, 2.05) is 20.8 Å². The standard InChI is InChI=1S/C8H17O2P/c1-5-8(4)10-11(9,6-2)7-3/h6,8H,2,5,7H2,1,3-4H3. The molecule has 0 aliphatic rings. The molecule has 0 aromatic rings. The molecule has 0 aliphatic carbocycles. The van der Waals surface area contributed by atoms with Crippen LogP contribution in [0.25, 0.3) is 0 Å². The van der Waals surface area contributed by atoms with Gasteiger partial charge in [0.25, 0.3) is 0 Å². The van der Waals surface area contributed by atoms with Gasteiger partial charge in [0.05, 0.1) is 6.10 Å². The van der Waals surface area contributed by atoms with E-state index < -0.39 is 7.37 Å². The molecule has 0 fully saturated rings. The number of hydrogen-bond donors (Lipinski definition) is 0. The minimum absolute atomic E-state index is 0.0683. The van der Waals surface area contributed by atoms with Crippen LogP contribution in [0, 0.1) is 0 Å². The molecule has 0 aromatic carbocycles. The van der Waals surface area contributed by atoms with E-state index in [0.717, 1.165) is 6.42 Å². The molecule has 0 amide bonds. The van der Waals surface area contributed by atoms with Crippen LogP contribution in [0.2, 0.25) is 0 Å². The maximum absolute atomic E-state index is 11.6. The Kier molecular flexibility index (Phi) is 4.71. The molecule has 0 heterocycles. The predicted molar refractivity (Wildman–Crippen MR) is 49.2 cm³/mol. The van der Waals surface area contributed by atoms with Gasteiger partial charge in [0, 0.05) is 6.16 Å². The van der Waals surface area contributed by atoms with Crippen molar-refractivity contribution in [3.05, 3.63) is 12.4 Å². The van der Waals surface area contributed by atoms with Crippen LogP contribution in [0.4, 0.5) is 0 Å². The van der Waals surface area contributed by atoms with Gasteiger partial charge in [0.15, 0.2) is 0 Å². The van der Waals surface area contributed by atoms with Gasteiger partial charge < -0.3 is 4.52 Å². The molecule has 66 valence electrons. The predicted octanol–water partition coefficient (Wildman–Crippen LogP) is 3.24. The fourth-order valence-corrected chi connectivity index (χ4v) is 1.88. The summed E-state index contributed by atoms with van der Waals surface area (Å²) in [6.07, 6.45) is 1.50. The summed E-state index contributed by atoms with van der Waals surface area (Å²) in [6, 6.07) is 0. The van der Waals surface area contributed by atoms with Gasteiger partial charge in [-0.3, -0.25) is 4.57 Å². The highest BCUT2D eigenvalue weighted by Crippen LogP contribution is 2.48. The fraction of sp³-hybridized carbons (Fsp3) is 0.750. The highest BCUT2D eigenvalue weighted by atomic mass is 31.2. The van der Waals surface area contributed by atoms with Crippen molar-refractivity contribution in [2.45, 2.75) is 33.3 Å². The van der Waals surface area contributed by atoms with Gasteiger partial charge in [-0.25, -0.2) is 0 Å². The first-order valence-corrected chi connectivity index (χ1v) is 5.86. The Bertz CT molecular complexity index is 165. The second kappa shape index (κ2) is 4.74. The molecule has 11 heavy (non-hydrogen) atoms. The molecule has 0 N–H and O–H groups in total. The Hall–Kier alpha value is -0.0700. The lowest BCUT2D eigenvalue weighted by Gasteiger charge is -2.17. The van der Waals surface area contributed by atoms with Crippen LogP contribution >= 0.6 is 7.37 Å². The lowest BCUT2D eigenvalue weighted by Crippen LogP contribution is -2.04. The molecule has 2 atom stereocenters. The summed E-state index contributed by atoms with van der Waals surface area (Å²) in [7, 11) is -2.49. The molecular weight excluding hydrogens is 159 g/mol. The lowest BCUT2D eigenvalue weighted by atomic mass is 10.3. The molecule has 0 saturated carbocycles. The van der Waals surface area contributed by atoms with Crippen LogP contribution in [0.3, 0.4) is 0 Å².